The van der Waals surface area contributed by atoms with Crippen LogP contribution in [0.1, 0.15) is 34.7 Å². The molecule has 2 fully saturated rings. The van der Waals surface area contributed by atoms with Crippen molar-refractivity contribution in [1.82, 2.24) is 4.90 Å². The van der Waals surface area contributed by atoms with Crippen molar-refractivity contribution >= 4 is 17.3 Å². The van der Waals surface area contributed by atoms with Crippen LogP contribution in [0, 0.1) is 10.1 Å². The van der Waals surface area contributed by atoms with Crippen LogP contribution >= 0.6 is 0 Å². The number of nitro benzene ring substituents is 1. The van der Waals surface area contributed by atoms with Gasteiger partial charge in [-0.2, -0.15) is 0 Å². The number of piperidine rings is 1. The number of benzene rings is 2. The van der Waals surface area contributed by atoms with E-state index in [2.05, 4.69) is 17.0 Å². The monoisotopic (exact) mass is 395 g/mol. The second kappa shape index (κ2) is 8.61. The van der Waals surface area contributed by atoms with Gasteiger partial charge in [0.2, 0.25) is 0 Å². The topological polar surface area (TPSA) is 75.9 Å². The maximum Gasteiger partial charge on any atom is 0.270 e. The summed E-state index contributed by atoms with van der Waals surface area (Å²) in [7, 11) is 0. The Morgan fingerprint density at radius 2 is 1.69 bits per heavy atom. The zero-order valence-corrected chi connectivity index (χ0v) is 16.3. The second-order valence-corrected chi connectivity index (χ2v) is 7.54. The van der Waals surface area contributed by atoms with Gasteiger partial charge in [-0.05, 0) is 30.4 Å². The van der Waals surface area contributed by atoms with E-state index in [0.29, 0.717) is 50.9 Å². The number of amides is 1. The number of morpholine rings is 1. The number of hydrogen-bond acceptors (Lipinski definition) is 5. The van der Waals surface area contributed by atoms with Gasteiger partial charge < -0.3 is 14.5 Å². The molecule has 7 heteroatoms. The van der Waals surface area contributed by atoms with Crippen LogP contribution in [0.15, 0.2) is 48.5 Å². The van der Waals surface area contributed by atoms with E-state index < -0.39 is 4.92 Å². The molecule has 29 heavy (non-hydrogen) atoms. The predicted molar refractivity (Wildman–Crippen MR) is 110 cm³/mol. The summed E-state index contributed by atoms with van der Waals surface area (Å²) in [5.41, 5.74) is 2.43. The fourth-order valence-electron chi connectivity index (χ4n) is 4.20. The standard InChI is InChI=1S/C22H25N3O4/c26-22(24-10-8-18(9-11-24)17-4-2-1-3-5-17)20-16-19(25(27)28)6-7-21(20)23-12-14-29-15-13-23/h1-7,16,18H,8-15H2. The molecule has 0 radical (unpaired) electrons. The molecular formula is C22H25N3O4. The van der Waals surface area contributed by atoms with Gasteiger partial charge in [-0.3, -0.25) is 14.9 Å². The number of nitro groups is 1. The number of ether oxygens (including phenoxy) is 1. The minimum absolute atomic E-state index is 0.0514. The third kappa shape index (κ3) is 4.24. The molecule has 2 aromatic rings. The van der Waals surface area contributed by atoms with Crippen LogP contribution in [-0.2, 0) is 4.74 Å². The van der Waals surface area contributed by atoms with E-state index in [4.69, 9.17) is 4.74 Å². The molecule has 0 atom stereocenters. The highest BCUT2D eigenvalue weighted by Gasteiger charge is 2.28. The summed E-state index contributed by atoms with van der Waals surface area (Å²) in [6.45, 7) is 3.84. The van der Waals surface area contributed by atoms with Crippen LogP contribution < -0.4 is 4.90 Å². The van der Waals surface area contributed by atoms with E-state index in [9.17, 15) is 14.9 Å². The van der Waals surface area contributed by atoms with Crippen molar-refractivity contribution in [2.24, 2.45) is 0 Å². The largest absolute Gasteiger partial charge is 0.378 e. The second-order valence-electron chi connectivity index (χ2n) is 7.54. The lowest BCUT2D eigenvalue weighted by Crippen LogP contribution is -2.40. The number of anilines is 1. The predicted octanol–water partition coefficient (Wildman–Crippen LogP) is 3.45. The first kappa shape index (κ1) is 19.4. The number of non-ortho nitro benzene ring substituents is 1. The SMILES string of the molecule is O=C(c1cc([N+](=O)[O-])ccc1N1CCOCC1)N1CCC(c2ccccc2)CC1. The molecule has 0 saturated carbocycles. The van der Waals surface area contributed by atoms with Gasteiger partial charge in [-0.15, -0.1) is 0 Å². The number of hydrogen-bond donors (Lipinski definition) is 0. The van der Waals surface area contributed by atoms with Crippen LogP contribution in [0.2, 0.25) is 0 Å². The van der Waals surface area contributed by atoms with Crippen LogP contribution in [0.25, 0.3) is 0 Å². The molecule has 0 unspecified atom stereocenters. The van der Waals surface area contributed by atoms with Crippen LogP contribution in [0.3, 0.4) is 0 Å². The lowest BCUT2D eigenvalue weighted by molar-refractivity contribution is -0.384. The fourth-order valence-corrected chi connectivity index (χ4v) is 4.20. The highest BCUT2D eigenvalue weighted by Crippen LogP contribution is 2.31. The van der Waals surface area contributed by atoms with Crippen LogP contribution in [-0.4, -0.2) is 55.1 Å². The van der Waals surface area contributed by atoms with Crippen molar-refractivity contribution in [3.63, 3.8) is 0 Å². The zero-order chi connectivity index (χ0) is 20.2. The Kier molecular flexibility index (Phi) is 5.76. The number of carbonyl (C=O) groups is 1. The Morgan fingerprint density at radius 3 is 2.34 bits per heavy atom. The van der Waals surface area contributed by atoms with Gasteiger partial charge in [0, 0.05) is 38.3 Å². The number of likely N-dealkylation sites (tertiary alicyclic amines) is 1. The van der Waals surface area contributed by atoms with Gasteiger partial charge in [0.1, 0.15) is 0 Å². The fraction of sp³-hybridized carbons (Fsp3) is 0.409. The maximum absolute atomic E-state index is 13.3. The minimum atomic E-state index is -0.443. The molecule has 2 aliphatic heterocycles. The molecule has 0 N–H and O–H groups in total. The molecule has 2 aromatic carbocycles. The van der Waals surface area contributed by atoms with Crippen LogP contribution in [0.4, 0.5) is 11.4 Å². The molecule has 7 nitrogen and oxygen atoms in total. The van der Waals surface area contributed by atoms with E-state index in [0.717, 1.165) is 18.5 Å². The molecule has 0 bridgehead atoms. The first-order valence-electron chi connectivity index (χ1n) is 10.1. The summed E-state index contributed by atoms with van der Waals surface area (Å²) in [6, 6.07) is 15.0. The molecule has 152 valence electrons. The van der Waals surface area contributed by atoms with Crippen LogP contribution in [0.5, 0.6) is 0 Å². The highest BCUT2D eigenvalue weighted by atomic mass is 16.6. The van der Waals surface area contributed by atoms with E-state index in [-0.39, 0.29) is 11.6 Å². The molecule has 4 rings (SSSR count). The van der Waals surface area contributed by atoms with Crippen molar-refractivity contribution in [1.29, 1.82) is 0 Å². The molecule has 0 aliphatic carbocycles. The molecule has 0 spiro atoms. The molecule has 2 heterocycles. The Bertz CT molecular complexity index is 873. The Labute approximate surface area is 170 Å². The van der Waals surface area contributed by atoms with Gasteiger partial charge in [0.15, 0.2) is 0 Å². The molecule has 0 aromatic heterocycles. The van der Waals surface area contributed by atoms with Crippen molar-refractivity contribution in [3.8, 4) is 0 Å². The van der Waals surface area contributed by atoms with Gasteiger partial charge >= 0.3 is 0 Å². The average Bonchev–Trinajstić information content (AvgIpc) is 2.79. The molecule has 1 amide bonds. The smallest absolute Gasteiger partial charge is 0.270 e. The molecule has 2 aliphatic rings. The summed E-state index contributed by atoms with van der Waals surface area (Å²) in [6.07, 6.45) is 1.80. The van der Waals surface area contributed by atoms with Crippen molar-refractivity contribution in [2.45, 2.75) is 18.8 Å². The van der Waals surface area contributed by atoms with E-state index in [1.807, 2.05) is 23.1 Å². The third-order valence-corrected chi connectivity index (χ3v) is 5.83. The lowest BCUT2D eigenvalue weighted by Gasteiger charge is -2.34. The van der Waals surface area contributed by atoms with Crippen molar-refractivity contribution < 1.29 is 14.5 Å². The number of carbonyl (C=O) groups excluding carboxylic acids is 1. The maximum atomic E-state index is 13.3. The summed E-state index contributed by atoms with van der Waals surface area (Å²) >= 11 is 0. The van der Waals surface area contributed by atoms with Gasteiger partial charge in [0.05, 0.1) is 29.4 Å². The zero-order valence-electron chi connectivity index (χ0n) is 16.3. The number of nitrogens with zero attached hydrogens (tertiary/aromatic N) is 3. The quantitative estimate of drug-likeness (QED) is 0.585. The van der Waals surface area contributed by atoms with E-state index >= 15 is 0 Å². The average molecular weight is 395 g/mol. The Balaban J connectivity index is 1.54. The Hall–Kier alpha value is -2.93. The summed E-state index contributed by atoms with van der Waals surface area (Å²) in [5.74, 6) is 0.325. The summed E-state index contributed by atoms with van der Waals surface area (Å²) in [4.78, 5) is 28.1. The van der Waals surface area contributed by atoms with E-state index in [1.165, 1.54) is 17.7 Å². The first-order chi connectivity index (χ1) is 14.1. The Morgan fingerprint density at radius 1 is 1.00 bits per heavy atom. The van der Waals surface area contributed by atoms with Crippen molar-refractivity contribution in [3.05, 3.63) is 69.8 Å². The summed E-state index contributed by atoms with van der Waals surface area (Å²) < 4.78 is 5.41. The van der Waals surface area contributed by atoms with Gasteiger partial charge in [-0.1, -0.05) is 30.3 Å². The minimum Gasteiger partial charge on any atom is -0.378 e. The van der Waals surface area contributed by atoms with Gasteiger partial charge in [0.25, 0.3) is 11.6 Å². The molecule has 2 saturated heterocycles. The van der Waals surface area contributed by atoms with E-state index in [1.54, 1.807) is 6.07 Å². The molecular weight excluding hydrogens is 370 g/mol. The lowest BCUT2D eigenvalue weighted by atomic mass is 9.89. The first-order valence-corrected chi connectivity index (χ1v) is 10.1. The number of rotatable bonds is 4. The highest BCUT2D eigenvalue weighted by molar-refractivity contribution is 6.00. The third-order valence-electron chi connectivity index (χ3n) is 5.83. The van der Waals surface area contributed by atoms with Gasteiger partial charge in [-0.25, -0.2) is 0 Å². The summed E-state index contributed by atoms with van der Waals surface area (Å²) in [5, 5.41) is 11.3. The van der Waals surface area contributed by atoms with Crippen molar-refractivity contribution in [2.75, 3.05) is 44.3 Å². The normalized spacial score (nSPS) is 17.9.